The van der Waals surface area contributed by atoms with Crippen molar-refractivity contribution in [3.8, 4) is 29.4 Å². The average molecular weight is 766 g/mol. The molecular formula is C41H43N13O3. The number of carbonyl (C=O) groups excluding carboxylic acids is 2. The minimum Gasteiger partial charge on any atom is -0.490 e. The SMILES string of the molecule is C[C@H](C#N)Nc1cc(-n2ncc3cc(C#N)cnc32)ncc1-n1cc(C2CCC(CCN3CCN(c4cccc5c4OCC54CCC(=O)NC4=O)CC3)CC2)nn1. The smallest absolute Gasteiger partial charge is 0.240 e. The van der Waals surface area contributed by atoms with E-state index in [0.29, 0.717) is 53.1 Å². The van der Waals surface area contributed by atoms with E-state index in [0.717, 1.165) is 86.5 Å². The van der Waals surface area contributed by atoms with Gasteiger partial charge in [-0.1, -0.05) is 17.3 Å². The molecule has 9 rings (SSSR count). The predicted octanol–water partition coefficient (Wildman–Crippen LogP) is 4.14. The fraction of sp³-hybridized carbons (Fsp3) is 0.439. The Morgan fingerprint density at radius 1 is 1.04 bits per heavy atom. The number of hydrogen-bond acceptors (Lipinski definition) is 13. The number of pyridine rings is 2. The van der Waals surface area contributed by atoms with Crippen molar-refractivity contribution in [2.75, 3.05) is 49.5 Å². The Hall–Kier alpha value is -6.39. The minimum atomic E-state index is -0.776. The number of piperidine rings is 1. The number of imide groups is 1. The number of nitriles is 2. The van der Waals surface area contributed by atoms with Gasteiger partial charge in [-0.2, -0.15) is 20.3 Å². The van der Waals surface area contributed by atoms with Gasteiger partial charge in [-0.15, -0.1) is 5.10 Å². The molecule has 1 unspecified atom stereocenters. The molecule has 0 radical (unpaired) electrons. The number of fused-ring (bicyclic) bond motifs is 3. The van der Waals surface area contributed by atoms with Crippen molar-refractivity contribution < 1.29 is 14.3 Å². The predicted molar refractivity (Wildman–Crippen MR) is 209 cm³/mol. The molecule has 290 valence electrons. The molecule has 0 bridgehead atoms. The highest BCUT2D eigenvalue weighted by atomic mass is 16.5. The summed E-state index contributed by atoms with van der Waals surface area (Å²) >= 11 is 0. The second-order valence-electron chi connectivity index (χ2n) is 15.7. The number of nitrogens with one attached hydrogen (secondary N) is 2. The quantitative estimate of drug-likeness (QED) is 0.203. The first-order valence-electron chi connectivity index (χ1n) is 19.7. The van der Waals surface area contributed by atoms with Crippen LogP contribution in [0.1, 0.15) is 74.6 Å². The van der Waals surface area contributed by atoms with Gasteiger partial charge in [0.2, 0.25) is 11.8 Å². The van der Waals surface area contributed by atoms with E-state index in [1.54, 1.807) is 34.7 Å². The molecule has 1 saturated carbocycles. The number of aromatic nitrogens is 7. The summed E-state index contributed by atoms with van der Waals surface area (Å²) in [5.74, 6) is 1.85. The Morgan fingerprint density at radius 2 is 1.88 bits per heavy atom. The lowest BCUT2D eigenvalue weighted by Crippen LogP contribution is -2.52. The molecular weight excluding hydrogens is 723 g/mol. The van der Waals surface area contributed by atoms with E-state index >= 15 is 0 Å². The number of ether oxygens (including phenoxy) is 1. The number of piperazine rings is 1. The van der Waals surface area contributed by atoms with Crippen molar-refractivity contribution in [3.63, 3.8) is 0 Å². The van der Waals surface area contributed by atoms with Gasteiger partial charge in [-0.25, -0.2) is 14.6 Å². The zero-order valence-electron chi connectivity index (χ0n) is 31.8. The number of para-hydroxylation sites is 1. The summed E-state index contributed by atoms with van der Waals surface area (Å²) in [6.07, 6.45) is 13.2. The number of amides is 2. The van der Waals surface area contributed by atoms with Gasteiger partial charge < -0.3 is 15.0 Å². The van der Waals surface area contributed by atoms with Crippen LogP contribution in [-0.2, 0) is 15.0 Å². The van der Waals surface area contributed by atoms with Crippen molar-refractivity contribution in [2.45, 2.75) is 69.2 Å². The largest absolute Gasteiger partial charge is 0.490 e. The van der Waals surface area contributed by atoms with E-state index in [1.807, 2.05) is 24.4 Å². The first kappa shape index (κ1) is 36.3. The highest BCUT2D eigenvalue weighted by Gasteiger charge is 2.51. The van der Waals surface area contributed by atoms with Gasteiger partial charge in [-0.3, -0.25) is 19.8 Å². The Bertz CT molecular complexity index is 2430. The molecule has 5 aromatic rings. The third-order valence-electron chi connectivity index (χ3n) is 12.2. The molecule has 4 aromatic heterocycles. The summed E-state index contributed by atoms with van der Waals surface area (Å²) in [5, 5.41) is 38.9. The maximum absolute atomic E-state index is 12.9. The molecule has 57 heavy (non-hydrogen) atoms. The molecule has 2 saturated heterocycles. The summed E-state index contributed by atoms with van der Waals surface area (Å²) in [5.41, 5.74) is 4.49. The maximum atomic E-state index is 12.9. The van der Waals surface area contributed by atoms with Crippen LogP contribution in [0.2, 0.25) is 0 Å². The summed E-state index contributed by atoms with van der Waals surface area (Å²) in [4.78, 5) is 38.8. The van der Waals surface area contributed by atoms with Crippen LogP contribution in [0.5, 0.6) is 5.75 Å². The zero-order valence-corrected chi connectivity index (χ0v) is 31.8. The van der Waals surface area contributed by atoms with Crippen molar-refractivity contribution in [1.82, 2.24) is 45.0 Å². The van der Waals surface area contributed by atoms with Crippen LogP contribution in [0.4, 0.5) is 11.4 Å². The van der Waals surface area contributed by atoms with Crippen LogP contribution in [0.25, 0.3) is 22.5 Å². The van der Waals surface area contributed by atoms with Crippen molar-refractivity contribution in [2.24, 2.45) is 5.92 Å². The van der Waals surface area contributed by atoms with E-state index < -0.39 is 11.5 Å². The van der Waals surface area contributed by atoms with E-state index in [1.165, 1.54) is 12.6 Å². The van der Waals surface area contributed by atoms with Gasteiger partial charge in [0.25, 0.3) is 0 Å². The molecule has 2 atom stereocenters. The minimum absolute atomic E-state index is 0.213. The standard InChI is InChI=1S/C41H43N13O3/c1-26(19-42)47-32-18-36(54-39-30(22-46-54)17-28(20-43)21-45-39)44-23-35(32)53-24-33(49-50-53)29-7-5-27(6-8-29)10-12-51-13-15-52(16-14-51)34-4-2-3-31-38(34)57-25-41(31)11-9-37(55)48-40(41)56/h2-4,17-18,21-24,26-27,29H,5-16,25H2,1H3,(H,44,47)(H,48,55,56)/t26-,27?,29?,41?/m1/s1. The van der Waals surface area contributed by atoms with Crippen LogP contribution in [-0.4, -0.2) is 96.8 Å². The highest BCUT2D eigenvalue weighted by Crippen LogP contribution is 2.48. The van der Waals surface area contributed by atoms with E-state index in [9.17, 15) is 20.1 Å². The molecule has 1 aromatic carbocycles. The lowest BCUT2D eigenvalue weighted by atomic mass is 9.75. The number of anilines is 2. The molecule has 3 fully saturated rings. The number of nitrogens with zero attached hydrogens (tertiary/aromatic N) is 11. The second-order valence-corrected chi connectivity index (χ2v) is 15.7. The third-order valence-corrected chi connectivity index (χ3v) is 12.2. The van der Waals surface area contributed by atoms with Crippen molar-refractivity contribution in [3.05, 3.63) is 71.9 Å². The van der Waals surface area contributed by atoms with Crippen LogP contribution in [0.15, 0.2) is 55.1 Å². The molecule has 2 N–H and O–H groups in total. The van der Waals surface area contributed by atoms with Crippen molar-refractivity contribution >= 4 is 34.2 Å². The van der Waals surface area contributed by atoms with Crippen LogP contribution in [0, 0.1) is 28.6 Å². The summed E-state index contributed by atoms with van der Waals surface area (Å²) in [6.45, 7) is 6.88. The number of carbonyl (C=O) groups is 2. The fourth-order valence-corrected chi connectivity index (χ4v) is 8.89. The first-order valence-corrected chi connectivity index (χ1v) is 19.7. The zero-order chi connectivity index (χ0) is 39.1. The summed E-state index contributed by atoms with van der Waals surface area (Å²) in [7, 11) is 0. The fourth-order valence-electron chi connectivity index (χ4n) is 8.89. The van der Waals surface area contributed by atoms with Crippen LogP contribution in [0.3, 0.4) is 0 Å². The number of benzene rings is 1. The van der Waals surface area contributed by atoms with Gasteiger partial charge >= 0.3 is 0 Å². The topological polar surface area (TPSA) is 196 Å². The Kier molecular flexibility index (Phi) is 9.50. The highest BCUT2D eigenvalue weighted by molar-refractivity contribution is 6.04. The van der Waals surface area contributed by atoms with Gasteiger partial charge in [0.15, 0.2) is 11.5 Å². The summed E-state index contributed by atoms with van der Waals surface area (Å²) in [6, 6.07) is 13.5. The van der Waals surface area contributed by atoms with Gasteiger partial charge in [0.05, 0.1) is 47.3 Å². The molecule has 16 nitrogen and oxygen atoms in total. The number of rotatable bonds is 9. The van der Waals surface area contributed by atoms with E-state index in [4.69, 9.17) is 4.74 Å². The molecule has 4 aliphatic rings. The van der Waals surface area contributed by atoms with E-state index in [2.05, 4.69) is 64.0 Å². The molecule has 1 aliphatic carbocycles. The van der Waals surface area contributed by atoms with Gasteiger partial charge in [0, 0.05) is 61.7 Å². The van der Waals surface area contributed by atoms with Gasteiger partial charge in [0.1, 0.15) is 35.6 Å². The lowest BCUT2D eigenvalue weighted by Gasteiger charge is -2.37. The molecule has 7 heterocycles. The number of hydrogen-bond donors (Lipinski definition) is 2. The monoisotopic (exact) mass is 765 g/mol. The second kappa shape index (κ2) is 14.9. The van der Waals surface area contributed by atoms with Crippen molar-refractivity contribution in [1.29, 1.82) is 10.5 Å². The van der Waals surface area contributed by atoms with Crippen LogP contribution >= 0.6 is 0 Å². The maximum Gasteiger partial charge on any atom is 0.240 e. The molecule has 3 aliphatic heterocycles. The third kappa shape index (κ3) is 6.80. The molecule has 1 spiro atoms. The normalized spacial score (nSPS) is 22.8. The lowest BCUT2D eigenvalue weighted by molar-refractivity contribution is -0.138. The summed E-state index contributed by atoms with van der Waals surface area (Å²) < 4.78 is 9.53. The van der Waals surface area contributed by atoms with E-state index in [-0.39, 0.29) is 18.4 Å². The Morgan fingerprint density at radius 3 is 2.67 bits per heavy atom. The first-order chi connectivity index (χ1) is 27.8. The van der Waals surface area contributed by atoms with Gasteiger partial charge in [-0.05, 0) is 70.0 Å². The Labute approximate surface area is 329 Å². The Balaban J connectivity index is 0.795. The molecule has 2 amide bonds. The van der Waals surface area contributed by atoms with Crippen LogP contribution < -0.4 is 20.3 Å². The average Bonchev–Trinajstić information content (AvgIpc) is 4.00. The molecule has 16 heteroatoms.